The zero-order valence-electron chi connectivity index (χ0n) is 12.0. The van der Waals surface area contributed by atoms with Gasteiger partial charge in [0.2, 0.25) is 0 Å². The third kappa shape index (κ3) is 4.69. The van der Waals surface area contributed by atoms with E-state index in [0.29, 0.717) is 0 Å². The highest BCUT2D eigenvalue weighted by atomic mass is 33.1. The van der Waals surface area contributed by atoms with Gasteiger partial charge in [0, 0.05) is 4.90 Å². The van der Waals surface area contributed by atoms with E-state index >= 15 is 0 Å². The molecule has 0 saturated heterocycles. The molecular formula is C15H16O3S3. The maximum Gasteiger partial charge on any atom is 0.115 e. The van der Waals surface area contributed by atoms with Crippen molar-refractivity contribution in [3.05, 3.63) is 54.3 Å². The Morgan fingerprint density at radius 3 is 1.38 bits per heavy atom. The second-order valence-corrected chi connectivity index (χ2v) is 6.91. The summed E-state index contributed by atoms with van der Waals surface area (Å²) in [5.74, 6) is 2.80. The van der Waals surface area contributed by atoms with Crippen molar-refractivity contribution in [3.8, 4) is 0 Å². The highest BCUT2D eigenvalue weighted by molar-refractivity contribution is 8.76. The summed E-state index contributed by atoms with van der Waals surface area (Å²) >= 11 is 4.06. The molecule has 0 radical (unpaired) electrons. The minimum atomic E-state index is 0.878. The lowest BCUT2D eigenvalue weighted by Gasteiger charge is -1.96. The maximum absolute atomic E-state index is 5.21. The molecule has 3 heterocycles. The van der Waals surface area contributed by atoms with E-state index in [1.807, 2.05) is 39.0 Å². The Balaban J connectivity index is 0.000000194. The van der Waals surface area contributed by atoms with Crippen LogP contribution in [0.2, 0.25) is 0 Å². The van der Waals surface area contributed by atoms with Crippen molar-refractivity contribution in [1.82, 2.24) is 0 Å². The van der Waals surface area contributed by atoms with E-state index in [0.717, 1.165) is 32.0 Å². The third-order valence-corrected chi connectivity index (χ3v) is 5.76. The monoisotopic (exact) mass is 340 g/mol. The molecule has 0 fully saturated rings. The second-order valence-electron chi connectivity index (χ2n) is 4.21. The molecule has 112 valence electrons. The minimum absolute atomic E-state index is 0.878. The summed E-state index contributed by atoms with van der Waals surface area (Å²) < 4.78 is 15.3. The zero-order valence-corrected chi connectivity index (χ0v) is 14.5. The summed E-state index contributed by atoms with van der Waals surface area (Å²) in [6.07, 6.45) is 5.04. The van der Waals surface area contributed by atoms with Gasteiger partial charge in [0.05, 0.1) is 28.6 Å². The number of aryl methyl sites for hydroxylation is 3. The number of hydrogen-bond donors (Lipinski definition) is 1. The van der Waals surface area contributed by atoms with Gasteiger partial charge < -0.3 is 13.3 Å². The molecule has 0 aliphatic heterocycles. The zero-order chi connectivity index (χ0) is 15.2. The molecule has 0 saturated carbocycles. The highest BCUT2D eigenvalue weighted by Gasteiger charge is 2.06. The summed E-state index contributed by atoms with van der Waals surface area (Å²) in [5.41, 5.74) is 0. The quantitative estimate of drug-likeness (QED) is 0.456. The summed E-state index contributed by atoms with van der Waals surface area (Å²) in [5, 5.41) is 0. The summed E-state index contributed by atoms with van der Waals surface area (Å²) in [6.45, 7) is 5.80. The summed E-state index contributed by atoms with van der Waals surface area (Å²) in [4.78, 5) is 3.24. The Bertz CT molecular complexity index is 625. The Morgan fingerprint density at radius 1 is 0.714 bits per heavy atom. The van der Waals surface area contributed by atoms with E-state index < -0.39 is 0 Å². The van der Waals surface area contributed by atoms with Gasteiger partial charge in [-0.15, -0.1) is 12.6 Å². The van der Waals surface area contributed by atoms with Gasteiger partial charge in [-0.1, -0.05) is 0 Å². The molecule has 6 heteroatoms. The number of thiol groups is 1. The lowest BCUT2D eigenvalue weighted by Crippen LogP contribution is -1.68. The molecule has 0 N–H and O–H groups in total. The average Bonchev–Trinajstić information content (AvgIpc) is 3.14. The SMILES string of the molecule is Cc1occc1S.Cc1occc1SSc1ccoc1C. The summed E-state index contributed by atoms with van der Waals surface area (Å²) in [6, 6.07) is 5.77. The predicted molar refractivity (Wildman–Crippen MR) is 89.3 cm³/mol. The van der Waals surface area contributed by atoms with Crippen LogP contribution in [0, 0.1) is 20.8 Å². The lowest BCUT2D eigenvalue weighted by molar-refractivity contribution is 0.526. The normalized spacial score (nSPS) is 10.3. The van der Waals surface area contributed by atoms with Crippen LogP contribution in [-0.4, -0.2) is 0 Å². The van der Waals surface area contributed by atoms with Gasteiger partial charge in [-0.25, -0.2) is 0 Å². The molecule has 21 heavy (non-hydrogen) atoms. The third-order valence-electron chi connectivity index (χ3n) is 2.68. The Hall–Kier alpha value is -1.11. The smallest absolute Gasteiger partial charge is 0.115 e. The topological polar surface area (TPSA) is 39.4 Å². The van der Waals surface area contributed by atoms with Gasteiger partial charge in [0.1, 0.15) is 17.3 Å². The van der Waals surface area contributed by atoms with Gasteiger partial charge >= 0.3 is 0 Å². The molecule has 0 atom stereocenters. The Morgan fingerprint density at radius 2 is 1.14 bits per heavy atom. The second kappa shape index (κ2) is 7.77. The molecule has 0 spiro atoms. The average molecular weight is 340 g/mol. The van der Waals surface area contributed by atoms with E-state index in [-0.39, 0.29) is 0 Å². The standard InChI is InChI=1S/C10H10O2S2.C5H6OS/c1-7-9(3-5-11-7)13-14-10-4-6-12-8(10)2;1-4-5(7)2-3-6-4/h3-6H,1-2H3;2-3,7H,1H3. The fraction of sp³-hybridized carbons (Fsp3) is 0.200. The first-order valence-corrected chi connectivity index (χ1v) is 8.83. The Labute approximate surface area is 137 Å². The number of hydrogen-bond acceptors (Lipinski definition) is 6. The molecule has 3 aromatic heterocycles. The molecule has 0 aliphatic carbocycles. The summed E-state index contributed by atoms with van der Waals surface area (Å²) in [7, 11) is 3.38. The van der Waals surface area contributed by atoms with Crippen molar-refractivity contribution in [2.45, 2.75) is 35.5 Å². The molecule has 0 aliphatic rings. The molecular weight excluding hydrogens is 324 g/mol. The van der Waals surface area contributed by atoms with Crippen LogP contribution in [0.5, 0.6) is 0 Å². The van der Waals surface area contributed by atoms with Crippen LogP contribution < -0.4 is 0 Å². The van der Waals surface area contributed by atoms with E-state index in [4.69, 9.17) is 13.3 Å². The van der Waals surface area contributed by atoms with Crippen LogP contribution in [0.4, 0.5) is 0 Å². The minimum Gasteiger partial charge on any atom is -0.468 e. The fourth-order valence-corrected chi connectivity index (χ4v) is 3.81. The van der Waals surface area contributed by atoms with Crippen LogP contribution in [-0.2, 0) is 0 Å². The first-order valence-electron chi connectivity index (χ1n) is 6.23. The van der Waals surface area contributed by atoms with E-state index in [2.05, 4.69) is 12.6 Å². The van der Waals surface area contributed by atoms with Crippen molar-refractivity contribution < 1.29 is 13.3 Å². The van der Waals surface area contributed by atoms with Gasteiger partial charge in [0.25, 0.3) is 0 Å². The van der Waals surface area contributed by atoms with Crippen molar-refractivity contribution in [1.29, 1.82) is 0 Å². The van der Waals surface area contributed by atoms with Crippen LogP contribution >= 0.6 is 34.2 Å². The van der Waals surface area contributed by atoms with E-state index in [9.17, 15) is 0 Å². The van der Waals surface area contributed by atoms with Crippen molar-refractivity contribution >= 4 is 34.2 Å². The van der Waals surface area contributed by atoms with Gasteiger partial charge in [-0.05, 0) is 60.6 Å². The van der Waals surface area contributed by atoms with E-state index in [1.54, 1.807) is 40.4 Å². The molecule has 3 rings (SSSR count). The highest BCUT2D eigenvalue weighted by Crippen LogP contribution is 2.40. The molecule has 3 aromatic rings. The first kappa shape index (κ1) is 16.3. The lowest BCUT2D eigenvalue weighted by atomic mass is 10.5. The van der Waals surface area contributed by atoms with Crippen molar-refractivity contribution in [2.24, 2.45) is 0 Å². The van der Waals surface area contributed by atoms with Crippen molar-refractivity contribution in [2.75, 3.05) is 0 Å². The largest absolute Gasteiger partial charge is 0.468 e. The van der Waals surface area contributed by atoms with Crippen LogP contribution in [0.3, 0.4) is 0 Å². The fourth-order valence-electron chi connectivity index (χ4n) is 1.39. The van der Waals surface area contributed by atoms with Crippen LogP contribution in [0.1, 0.15) is 17.3 Å². The van der Waals surface area contributed by atoms with E-state index in [1.165, 1.54) is 0 Å². The van der Waals surface area contributed by atoms with Crippen LogP contribution in [0.25, 0.3) is 0 Å². The number of furan rings is 3. The molecule has 0 bridgehead atoms. The predicted octanol–water partition coefficient (Wildman–Crippen LogP) is 6.17. The number of rotatable bonds is 3. The van der Waals surface area contributed by atoms with Gasteiger partial charge in [0.15, 0.2) is 0 Å². The Kier molecular flexibility index (Phi) is 6.02. The maximum atomic E-state index is 5.21. The first-order chi connectivity index (χ1) is 10.1. The van der Waals surface area contributed by atoms with Gasteiger partial charge in [-0.2, -0.15) is 0 Å². The molecule has 0 aromatic carbocycles. The van der Waals surface area contributed by atoms with Crippen molar-refractivity contribution in [3.63, 3.8) is 0 Å². The van der Waals surface area contributed by atoms with Gasteiger partial charge in [-0.3, -0.25) is 0 Å². The molecule has 0 unspecified atom stereocenters. The molecule has 3 nitrogen and oxygen atoms in total. The van der Waals surface area contributed by atoms with Crippen LogP contribution in [0.15, 0.2) is 64.9 Å². The molecule has 0 amide bonds.